The van der Waals surface area contributed by atoms with Gasteiger partial charge in [0.1, 0.15) is 22.8 Å². The van der Waals surface area contributed by atoms with E-state index in [1.807, 2.05) is 24.3 Å². The molecule has 10 heteroatoms. The highest BCUT2D eigenvalue weighted by Crippen LogP contribution is 2.35. The second kappa shape index (κ2) is 8.35. The van der Waals surface area contributed by atoms with Gasteiger partial charge in [0, 0.05) is 29.9 Å². The summed E-state index contributed by atoms with van der Waals surface area (Å²) in [6.07, 6.45) is 0. The molecule has 2 aliphatic heterocycles. The molecule has 2 saturated heterocycles. The Labute approximate surface area is 206 Å². The van der Waals surface area contributed by atoms with Crippen LogP contribution in [0.2, 0.25) is 0 Å². The smallest absolute Gasteiger partial charge is 0.258 e. The fourth-order valence-corrected chi connectivity index (χ4v) is 5.11. The lowest BCUT2D eigenvalue weighted by Gasteiger charge is -2.54. The number of nitrogens with zero attached hydrogens (tertiary/aromatic N) is 5. The molecule has 184 valence electrons. The van der Waals surface area contributed by atoms with E-state index < -0.39 is 5.95 Å². The normalized spacial score (nSPS) is 17.5. The Hall–Kier alpha value is -3.89. The SMILES string of the molecule is Cc1nc2cc(-c3nc(-c4ccc(N5CC6(CN(C)CCO6)C5)cc4)c(F)nc3N)ccc2c(=O)[nH]1. The molecular weight excluding hydrogens is 461 g/mol. The molecule has 1 spiro atoms. The summed E-state index contributed by atoms with van der Waals surface area (Å²) in [5.74, 6) is -0.271. The van der Waals surface area contributed by atoms with E-state index in [0.717, 1.165) is 38.5 Å². The highest BCUT2D eigenvalue weighted by molar-refractivity contribution is 5.85. The van der Waals surface area contributed by atoms with E-state index >= 15 is 0 Å². The van der Waals surface area contributed by atoms with Crippen molar-refractivity contribution in [1.82, 2.24) is 24.8 Å². The van der Waals surface area contributed by atoms with Crippen molar-refractivity contribution < 1.29 is 9.13 Å². The van der Waals surface area contributed by atoms with Gasteiger partial charge in [-0.2, -0.15) is 9.37 Å². The quantitative estimate of drug-likeness (QED) is 0.454. The average molecular weight is 488 g/mol. The first-order valence-corrected chi connectivity index (χ1v) is 11.8. The van der Waals surface area contributed by atoms with Crippen LogP contribution < -0.4 is 16.2 Å². The Morgan fingerprint density at radius 3 is 2.53 bits per heavy atom. The van der Waals surface area contributed by atoms with Crippen molar-refractivity contribution in [2.45, 2.75) is 12.5 Å². The van der Waals surface area contributed by atoms with E-state index in [2.05, 4.69) is 36.8 Å². The van der Waals surface area contributed by atoms with Crippen LogP contribution in [-0.2, 0) is 4.74 Å². The zero-order valence-electron chi connectivity index (χ0n) is 20.1. The van der Waals surface area contributed by atoms with Crippen LogP contribution in [0.25, 0.3) is 33.4 Å². The van der Waals surface area contributed by atoms with Gasteiger partial charge >= 0.3 is 0 Å². The van der Waals surface area contributed by atoms with Gasteiger partial charge in [0.05, 0.1) is 30.6 Å². The summed E-state index contributed by atoms with van der Waals surface area (Å²) in [4.78, 5) is 32.3. The standard InChI is InChI=1S/C26H26FN7O2/c1-15-29-20-11-17(5-8-19(20)25(35)30-15)22-24(28)32-23(27)21(31-22)16-3-6-18(7-4-16)34-13-26(14-34)12-33(2)9-10-36-26/h3-8,11H,9-10,12-14H2,1-2H3,(H2,28,32)(H,29,30,35). The predicted molar refractivity (Wildman–Crippen MR) is 136 cm³/mol. The number of likely N-dealkylation sites (N-methyl/N-ethyl adjacent to an activating group) is 1. The van der Waals surface area contributed by atoms with Crippen LogP contribution in [0.15, 0.2) is 47.3 Å². The Kier molecular flexibility index (Phi) is 5.24. The minimum atomic E-state index is -0.739. The summed E-state index contributed by atoms with van der Waals surface area (Å²) >= 11 is 0. The molecule has 2 aliphatic rings. The van der Waals surface area contributed by atoms with Gasteiger partial charge in [-0.05, 0) is 38.2 Å². The number of nitrogens with two attached hydrogens (primary N) is 1. The molecule has 3 N–H and O–H groups in total. The summed E-state index contributed by atoms with van der Waals surface area (Å²) in [6.45, 7) is 6.01. The van der Waals surface area contributed by atoms with Gasteiger partial charge in [0.15, 0.2) is 5.82 Å². The number of benzene rings is 2. The van der Waals surface area contributed by atoms with E-state index in [1.165, 1.54) is 0 Å². The van der Waals surface area contributed by atoms with E-state index in [9.17, 15) is 9.18 Å². The zero-order valence-corrected chi connectivity index (χ0v) is 20.1. The lowest BCUT2D eigenvalue weighted by atomic mass is 9.91. The van der Waals surface area contributed by atoms with E-state index in [4.69, 9.17) is 10.5 Å². The average Bonchev–Trinajstić information content (AvgIpc) is 2.82. The Morgan fingerprint density at radius 1 is 1.03 bits per heavy atom. The Morgan fingerprint density at radius 2 is 1.78 bits per heavy atom. The molecule has 4 heterocycles. The second-order valence-electron chi connectivity index (χ2n) is 9.65. The third-order valence-electron chi connectivity index (χ3n) is 6.88. The summed E-state index contributed by atoms with van der Waals surface area (Å²) in [6, 6.07) is 12.7. The molecule has 0 radical (unpaired) electrons. The van der Waals surface area contributed by atoms with Gasteiger partial charge in [-0.3, -0.25) is 4.79 Å². The Balaban J connectivity index is 1.29. The number of aromatic amines is 1. The van der Waals surface area contributed by atoms with Gasteiger partial charge in [-0.25, -0.2) is 9.97 Å². The van der Waals surface area contributed by atoms with Crippen molar-refractivity contribution in [1.29, 1.82) is 0 Å². The summed E-state index contributed by atoms with van der Waals surface area (Å²) < 4.78 is 20.9. The molecule has 0 atom stereocenters. The molecule has 2 aromatic heterocycles. The van der Waals surface area contributed by atoms with Crippen molar-refractivity contribution in [2.75, 3.05) is 50.5 Å². The maximum Gasteiger partial charge on any atom is 0.258 e. The van der Waals surface area contributed by atoms with Crippen LogP contribution in [-0.4, -0.2) is 70.3 Å². The highest BCUT2D eigenvalue weighted by atomic mass is 19.1. The van der Waals surface area contributed by atoms with E-state index in [1.54, 1.807) is 25.1 Å². The minimum absolute atomic E-state index is 0.0305. The number of H-pyrrole nitrogens is 1. The summed E-state index contributed by atoms with van der Waals surface area (Å²) in [7, 11) is 2.12. The monoisotopic (exact) mass is 487 g/mol. The molecule has 0 amide bonds. The van der Waals surface area contributed by atoms with Crippen molar-refractivity contribution in [2.24, 2.45) is 0 Å². The van der Waals surface area contributed by atoms with E-state index in [0.29, 0.717) is 33.5 Å². The first kappa shape index (κ1) is 22.6. The maximum atomic E-state index is 14.9. The van der Waals surface area contributed by atoms with Gasteiger partial charge in [0.2, 0.25) is 5.95 Å². The third-order valence-corrected chi connectivity index (χ3v) is 6.88. The Bertz CT molecular complexity index is 1530. The lowest BCUT2D eigenvalue weighted by molar-refractivity contribution is -0.117. The summed E-state index contributed by atoms with van der Waals surface area (Å²) in [5.41, 5.74) is 8.92. The van der Waals surface area contributed by atoms with Gasteiger partial charge in [0.25, 0.3) is 5.56 Å². The van der Waals surface area contributed by atoms with Crippen LogP contribution in [0, 0.1) is 12.9 Å². The first-order chi connectivity index (χ1) is 17.3. The first-order valence-electron chi connectivity index (χ1n) is 11.8. The molecule has 2 fully saturated rings. The molecule has 6 rings (SSSR count). The van der Waals surface area contributed by atoms with Crippen LogP contribution in [0.3, 0.4) is 0 Å². The number of aromatic nitrogens is 4. The minimum Gasteiger partial charge on any atom is -0.382 e. The number of hydrogen-bond donors (Lipinski definition) is 2. The number of nitrogen functional groups attached to an aromatic ring is 1. The van der Waals surface area contributed by atoms with Crippen molar-refractivity contribution in [3.8, 4) is 22.5 Å². The number of morpholine rings is 1. The molecule has 0 saturated carbocycles. The fourth-order valence-electron chi connectivity index (χ4n) is 5.11. The highest BCUT2D eigenvalue weighted by Gasteiger charge is 2.46. The molecule has 0 unspecified atom stereocenters. The summed E-state index contributed by atoms with van der Waals surface area (Å²) in [5, 5.41) is 0.451. The number of rotatable bonds is 3. The number of anilines is 2. The molecule has 2 aromatic carbocycles. The van der Waals surface area contributed by atoms with E-state index in [-0.39, 0.29) is 22.7 Å². The van der Waals surface area contributed by atoms with Crippen molar-refractivity contribution >= 4 is 22.4 Å². The maximum absolute atomic E-state index is 14.9. The number of fused-ring (bicyclic) bond motifs is 1. The number of nitrogens with one attached hydrogen (secondary N) is 1. The van der Waals surface area contributed by atoms with Gasteiger partial charge < -0.3 is 25.3 Å². The molecule has 9 nitrogen and oxygen atoms in total. The number of aryl methyl sites for hydroxylation is 1. The number of ether oxygens (including phenoxy) is 1. The topological polar surface area (TPSA) is 113 Å². The molecular formula is C26H26FN7O2. The number of halogens is 1. The molecule has 4 aromatic rings. The second-order valence-corrected chi connectivity index (χ2v) is 9.65. The van der Waals surface area contributed by atoms with Crippen LogP contribution in [0.1, 0.15) is 5.82 Å². The zero-order chi connectivity index (χ0) is 25.0. The third kappa shape index (κ3) is 3.88. The number of hydrogen-bond acceptors (Lipinski definition) is 8. The van der Waals surface area contributed by atoms with Crippen molar-refractivity contribution in [3.05, 3.63) is 64.6 Å². The van der Waals surface area contributed by atoms with Crippen LogP contribution in [0.5, 0.6) is 0 Å². The van der Waals surface area contributed by atoms with Crippen LogP contribution in [0.4, 0.5) is 15.9 Å². The molecule has 0 aliphatic carbocycles. The van der Waals surface area contributed by atoms with Crippen molar-refractivity contribution in [3.63, 3.8) is 0 Å². The molecule has 36 heavy (non-hydrogen) atoms. The largest absolute Gasteiger partial charge is 0.382 e. The molecule has 0 bridgehead atoms. The van der Waals surface area contributed by atoms with Gasteiger partial charge in [-0.15, -0.1) is 0 Å². The van der Waals surface area contributed by atoms with Crippen LogP contribution >= 0.6 is 0 Å². The lowest BCUT2D eigenvalue weighted by Crippen LogP contribution is -2.70. The fraction of sp³-hybridized carbons (Fsp3) is 0.308. The van der Waals surface area contributed by atoms with Gasteiger partial charge in [-0.1, -0.05) is 18.2 Å². The predicted octanol–water partition coefficient (Wildman–Crippen LogP) is 2.60.